The maximum Gasteiger partial charge on any atom is 0.231 e. The topological polar surface area (TPSA) is 80.1 Å². The molecule has 1 aromatic carbocycles. The van der Waals surface area contributed by atoms with Crippen LogP contribution in [0.5, 0.6) is 0 Å². The standard InChI is InChI=1S/C22H23N5O2/c1-26-13-17-14-27(20(28)11-16-7-3-2-4-8-16)15-19(21(17)25-26)22(29)24-12-18-9-5-6-10-23-18/h2-10,13,19H,11-12,14-15H2,1H3,(H,24,29)/t19-/m1/s1. The second kappa shape index (κ2) is 8.26. The maximum absolute atomic E-state index is 12.9. The van der Waals surface area contributed by atoms with Crippen LogP contribution in [0.3, 0.4) is 0 Å². The number of nitrogens with one attached hydrogen (secondary N) is 1. The van der Waals surface area contributed by atoms with Gasteiger partial charge in [-0.25, -0.2) is 0 Å². The molecule has 0 radical (unpaired) electrons. The summed E-state index contributed by atoms with van der Waals surface area (Å²) in [5, 5.41) is 7.43. The van der Waals surface area contributed by atoms with E-state index in [0.717, 1.165) is 22.5 Å². The largest absolute Gasteiger partial charge is 0.350 e. The Kier molecular flexibility index (Phi) is 5.37. The lowest BCUT2D eigenvalue weighted by Crippen LogP contribution is -2.44. The fraction of sp³-hybridized carbons (Fsp3) is 0.273. The summed E-state index contributed by atoms with van der Waals surface area (Å²) < 4.78 is 1.70. The molecule has 3 aromatic rings. The SMILES string of the molecule is Cn1cc2c(n1)[C@H](C(=O)NCc1ccccn1)CN(C(=O)Cc1ccccc1)C2. The molecule has 148 valence electrons. The van der Waals surface area contributed by atoms with E-state index in [9.17, 15) is 9.59 Å². The minimum atomic E-state index is -0.497. The number of fused-ring (bicyclic) bond motifs is 1. The van der Waals surface area contributed by atoms with Gasteiger partial charge in [-0.2, -0.15) is 5.10 Å². The van der Waals surface area contributed by atoms with Crippen molar-refractivity contribution >= 4 is 11.8 Å². The first kappa shape index (κ1) is 18.9. The van der Waals surface area contributed by atoms with Crippen molar-refractivity contribution in [2.45, 2.75) is 25.4 Å². The van der Waals surface area contributed by atoms with Crippen LogP contribution in [0.25, 0.3) is 0 Å². The first-order chi connectivity index (χ1) is 14.1. The van der Waals surface area contributed by atoms with E-state index in [0.29, 0.717) is 26.1 Å². The average molecular weight is 389 g/mol. The molecule has 2 amide bonds. The number of aryl methyl sites for hydroxylation is 1. The molecule has 7 nitrogen and oxygen atoms in total. The summed E-state index contributed by atoms with van der Waals surface area (Å²) >= 11 is 0. The van der Waals surface area contributed by atoms with Gasteiger partial charge in [-0.3, -0.25) is 19.3 Å². The summed E-state index contributed by atoms with van der Waals surface area (Å²) in [6.07, 6.45) is 3.90. The first-order valence-electron chi connectivity index (χ1n) is 9.62. The Balaban J connectivity index is 1.49. The summed E-state index contributed by atoms with van der Waals surface area (Å²) in [7, 11) is 1.83. The van der Waals surface area contributed by atoms with Crippen LogP contribution in [0, 0.1) is 0 Å². The van der Waals surface area contributed by atoms with Gasteiger partial charge in [0.1, 0.15) is 0 Å². The monoisotopic (exact) mass is 389 g/mol. The highest BCUT2D eigenvalue weighted by atomic mass is 16.2. The lowest BCUT2D eigenvalue weighted by atomic mass is 9.95. The quantitative estimate of drug-likeness (QED) is 0.722. The van der Waals surface area contributed by atoms with Crippen LogP contribution in [-0.2, 0) is 36.1 Å². The van der Waals surface area contributed by atoms with E-state index in [1.807, 2.05) is 61.8 Å². The Morgan fingerprint density at radius 1 is 1.14 bits per heavy atom. The highest BCUT2D eigenvalue weighted by Gasteiger charge is 2.35. The molecule has 0 aliphatic carbocycles. The highest BCUT2D eigenvalue weighted by Crippen LogP contribution is 2.28. The lowest BCUT2D eigenvalue weighted by Gasteiger charge is -2.31. The molecule has 0 saturated carbocycles. The molecule has 4 rings (SSSR count). The Labute approximate surface area is 169 Å². The smallest absolute Gasteiger partial charge is 0.231 e. The van der Waals surface area contributed by atoms with Gasteiger partial charge in [0.2, 0.25) is 11.8 Å². The van der Waals surface area contributed by atoms with Crippen molar-refractivity contribution in [2.75, 3.05) is 6.54 Å². The molecule has 3 heterocycles. The van der Waals surface area contributed by atoms with Gasteiger partial charge in [-0.05, 0) is 17.7 Å². The summed E-state index contributed by atoms with van der Waals surface area (Å²) in [6.45, 7) is 1.14. The van der Waals surface area contributed by atoms with Crippen molar-refractivity contribution in [1.29, 1.82) is 0 Å². The molecule has 1 aliphatic heterocycles. The van der Waals surface area contributed by atoms with Crippen LogP contribution < -0.4 is 5.32 Å². The second-order valence-electron chi connectivity index (χ2n) is 7.24. The van der Waals surface area contributed by atoms with Crippen LogP contribution >= 0.6 is 0 Å². The van der Waals surface area contributed by atoms with Crippen molar-refractivity contribution in [2.24, 2.45) is 7.05 Å². The molecule has 0 bridgehead atoms. The van der Waals surface area contributed by atoms with Crippen LogP contribution in [0.1, 0.15) is 28.4 Å². The normalized spacial score (nSPS) is 15.6. The van der Waals surface area contributed by atoms with Crippen molar-refractivity contribution in [3.63, 3.8) is 0 Å². The molecular weight excluding hydrogens is 366 g/mol. The van der Waals surface area contributed by atoms with E-state index in [2.05, 4.69) is 15.4 Å². The Morgan fingerprint density at radius 2 is 1.93 bits per heavy atom. The van der Waals surface area contributed by atoms with Gasteiger partial charge in [-0.1, -0.05) is 36.4 Å². The summed E-state index contributed by atoms with van der Waals surface area (Å²) in [4.78, 5) is 31.8. The fourth-order valence-corrected chi connectivity index (χ4v) is 3.63. The number of carbonyl (C=O) groups is 2. The minimum Gasteiger partial charge on any atom is -0.350 e. The number of amides is 2. The van der Waals surface area contributed by atoms with E-state index in [1.165, 1.54) is 0 Å². The number of hydrogen-bond donors (Lipinski definition) is 1. The molecule has 29 heavy (non-hydrogen) atoms. The van der Waals surface area contributed by atoms with E-state index in [4.69, 9.17) is 0 Å². The number of benzene rings is 1. The van der Waals surface area contributed by atoms with E-state index in [1.54, 1.807) is 15.8 Å². The van der Waals surface area contributed by atoms with Crippen LogP contribution in [0.2, 0.25) is 0 Å². The Hall–Kier alpha value is -3.48. The molecule has 1 N–H and O–H groups in total. The van der Waals surface area contributed by atoms with Crippen LogP contribution in [-0.4, -0.2) is 38.0 Å². The first-order valence-corrected chi connectivity index (χ1v) is 9.62. The van der Waals surface area contributed by atoms with Gasteiger partial charge in [0, 0.05) is 38.1 Å². The van der Waals surface area contributed by atoms with Crippen LogP contribution in [0.15, 0.2) is 60.9 Å². The van der Waals surface area contributed by atoms with E-state index >= 15 is 0 Å². The van der Waals surface area contributed by atoms with Crippen molar-refractivity contribution < 1.29 is 9.59 Å². The van der Waals surface area contributed by atoms with Gasteiger partial charge in [0.25, 0.3) is 0 Å². The average Bonchev–Trinajstić information content (AvgIpc) is 3.12. The zero-order chi connectivity index (χ0) is 20.2. The van der Waals surface area contributed by atoms with Gasteiger partial charge in [-0.15, -0.1) is 0 Å². The molecule has 0 spiro atoms. The minimum absolute atomic E-state index is 0.00762. The Bertz CT molecular complexity index is 1000. The zero-order valence-electron chi connectivity index (χ0n) is 16.3. The predicted molar refractivity (Wildman–Crippen MR) is 108 cm³/mol. The molecule has 0 saturated heterocycles. The van der Waals surface area contributed by atoms with Crippen molar-refractivity contribution in [1.82, 2.24) is 25.0 Å². The van der Waals surface area contributed by atoms with E-state index < -0.39 is 5.92 Å². The number of carbonyl (C=O) groups excluding carboxylic acids is 2. The zero-order valence-corrected chi connectivity index (χ0v) is 16.3. The predicted octanol–water partition coefficient (Wildman–Crippen LogP) is 1.80. The third kappa shape index (κ3) is 4.34. The number of nitrogens with zero attached hydrogens (tertiary/aromatic N) is 4. The van der Waals surface area contributed by atoms with E-state index in [-0.39, 0.29) is 11.8 Å². The number of rotatable bonds is 5. The molecule has 1 atom stereocenters. The third-order valence-electron chi connectivity index (χ3n) is 5.07. The van der Waals surface area contributed by atoms with Gasteiger partial charge < -0.3 is 10.2 Å². The lowest BCUT2D eigenvalue weighted by molar-refractivity contribution is -0.133. The molecule has 0 unspecified atom stereocenters. The summed E-state index contributed by atoms with van der Waals surface area (Å²) in [5.41, 5.74) is 3.41. The Morgan fingerprint density at radius 3 is 2.69 bits per heavy atom. The number of pyridine rings is 1. The van der Waals surface area contributed by atoms with Gasteiger partial charge >= 0.3 is 0 Å². The molecule has 0 fully saturated rings. The summed E-state index contributed by atoms with van der Waals surface area (Å²) in [5.74, 6) is -0.635. The number of aromatic nitrogens is 3. The third-order valence-corrected chi connectivity index (χ3v) is 5.07. The van der Waals surface area contributed by atoms with Crippen molar-refractivity contribution in [3.8, 4) is 0 Å². The van der Waals surface area contributed by atoms with Crippen molar-refractivity contribution in [3.05, 3.63) is 83.4 Å². The molecule has 7 heteroatoms. The molecular formula is C22H23N5O2. The summed E-state index contributed by atoms with van der Waals surface area (Å²) in [6, 6.07) is 15.2. The number of hydrogen-bond acceptors (Lipinski definition) is 4. The fourth-order valence-electron chi connectivity index (χ4n) is 3.63. The van der Waals surface area contributed by atoms with Crippen LogP contribution in [0.4, 0.5) is 0 Å². The van der Waals surface area contributed by atoms with Gasteiger partial charge in [0.15, 0.2) is 0 Å². The maximum atomic E-state index is 12.9. The second-order valence-corrected chi connectivity index (χ2v) is 7.24. The molecule has 1 aliphatic rings. The highest BCUT2D eigenvalue weighted by molar-refractivity contribution is 5.86. The molecule has 2 aromatic heterocycles. The van der Waals surface area contributed by atoms with Gasteiger partial charge in [0.05, 0.1) is 30.3 Å².